The molecule has 2 N–H and O–H groups in total. The van der Waals surface area contributed by atoms with Gasteiger partial charge in [0.25, 0.3) is 0 Å². The van der Waals surface area contributed by atoms with Gasteiger partial charge in [-0.15, -0.1) is 11.3 Å². The summed E-state index contributed by atoms with van der Waals surface area (Å²) in [6, 6.07) is 15.3. The van der Waals surface area contributed by atoms with E-state index < -0.39 is 17.8 Å². The van der Waals surface area contributed by atoms with Gasteiger partial charge in [0.05, 0.1) is 6.42 Å². The molecular weight excluding hydrogens is 465 g/mol. The van der Waals surface area contributed by atoms with E-state index in [0.717, 1.165) is 30.6 Å². The van der Waals surface area contributed by atoms with E-state index in [0.29, 0.717) is 11.4 Å². The summed E-state index contributed by atoms with van der Waals surface area (Å²) in [7, 11) is 0. The molecule has 1 fully saturated rings. The summed E-state index contributed by atoms with van der Waals surface area (Å²) in [5.74, 6) is -1.51. The number of rotatable bonds is 8. The largest absolute Gasteiger partial charge is 0.351 e. The smallest absolute Gasteiger partial charge is 0.248 e. The lowest BCUT2D eigenvalue weighted by atomic mass is 10.0. The van der Waals surface area contributed by atoms with Gasteiger partial charge in [0.2, 0.25) is 17.7 Å². The van der Waals surface area contributed by atoms with Crippen molar-refractivity contribution in [1.82, 2.24) is 5.32 Å². The van der Waals surface area contributed by atoms with Gasteiger partial charge in [0.15, 0.2) is 0 Å². The molecule has 35 heavy (non-hydrogen) atoms. The summed E-state index contributed by atoms with van der Waals surface area (Å²) in [6.07, 6.45) is 3.86. The third-order valence-corrected chi connectivity index (χ3v) is 6.92. The quantitative estimate of drug-likeness (QED) is 0.452. The Labute approximate surface area is 208 Å². The molecule has 1 atom stereocenters. The molecule has 182 valence electrons. The summed E-state index contributed by atoms with van der Waals surface area (Å²) in [5, 5.41) is 7.64. The van der Waals surface area contributed by atoms with Crippen LogP contribution in [0.25, 0.3) is 0 Å². The molecule has 6 nitrogen and oxygen atoms in total. The van der Waals surface area contributed by atoms with Gasteiger partial charge >= 0.3 is 0 Å². The summed E-state index contributed by atoms with van der Waals surface area (Å²) in [4.78, 5) is 41.0. The number of nitrogens with one attached hydrogen (secondary N) is 2. The third-order valence-electron chi connectivity index (χ3n) is 6.05. The van der Waals surface area contributed by atoms with Gasteiger partial charge in [-0.1, -0.05) is 37.1 Å². The van der Waals surface area contributed by atoms with Gasteiger partial charge in [-0.3, -0.25) is 19.3 Å². The SMILES string of the molecule is CC(=O)Nc1ccc(N(C(=O)Cc2cccs2)[C@@H](C(=O)NC2CCCC2)c2ccccc2F)cc1. The number of amides is 3. The molecule has 4 rings (SSSR count). The molecule has 1 aliphatic carbocycles. The summed E-state index contributed by atoms with van der Waals surface area (Å²) >= 11 is 1.45. The molecule has 1 heterocycles. The van der Waals surface area contributed by atoms with Crippen molar-refractivity contribution in [2.24, 2.45) is 0 Å². The van der Waals surface area contributed by atoms with Crippen LogP contribution in [0.1, 0.15) is 49.1 Å². The first-order valence-corrected chi connectivity index (χ1v) is 12.6. The number of benzene rings is 2. The highest BCUT2D eigenvalue weighted by Gasteiger charge is 2.35. The number of hydrogen-bond donors (Lipinski definition) is 2. The fraction of sp³-hybridized carbons (Fsp3) is 0.296. The molecule has 8 heteroatoms. The topological polar surface area (TPSA) is 78.5 Å². The van der Waals surface area contributed by atoms with Crippen LogP contribution in [0.4, 0.5) is 15.8 Å². The van der Waals surface area contributed by atoms with Crippen molar-refractivity contribution in [3.8, 4) is 0 Å². The van der Waals surface area contributed by atoms with E-state index in [9.17, 15) is 14.4 Å². The van der Waals surface area contributed by atoms with E-state index in [1.165, 1.54) is 29.2 Å². The first kappa shape index (κ1) is 24.6. The number of halogens is 1. The second kappa shape index (κ2) is 11.3. The minimum Gasteiger partial charge on any atom is -0.351 e. The Kier molecular flexibility index (Phi) is 7.92. The van der Waals surface area contributed by atoms with Crippen molar-refractivity contribution >= 4 is 40.4 Å². The summed E-state index contributed by atoms with van der Waals surface area (Å²) in [6.45, 7) is 1.41. The molecular formula is C27H28FN3O3S. The van der Waals surface area contributed by atoms with Gasteiger partial charge in [-0.25, -0.2) is 4.39 Å². The Morgan fingerprint density at radius 2 is 1.74 bits per heavy atom. The van der Waals surface area contributed by atoms with Crippen LogP contribution in [0, 0.1) is 5.82 Å². The van der Waals surface area contributed by atoms with Crippen LogP contribution in [0.5, 0.6) is 0 Å². The zero-order valence-corrected chi connectivity index (χ0v) is 20.3. The van der Waals surface area contributed by atoms with Gasteiger partial charge in [-0.05, 0) is 54.6 Å². The maximum Gasteiger partial charge on any atom is 0.248 e. The number of nitrogens with zero attached hydrogens (tertiary/aromatic N) is 1. The fourth-order valence-corrected chi connectivity index (χ4v) is 5.13. The Hall–Kier alpha value is -3.52. The molecule has 3 aromatic rings. The lowest BCUT2D eigenvalue weighted by Crippen LogP contribution is -2.47. The number of hydrogen-bond acceptors (Lipinski definition) is 4. The van der Waals surface area contributed by atoms with Gasteiger partial charge in [0.1, 0.15) is 11.9 Å². The van der Waals surface area contributed by atoms with Crippen LogP contribution in [0.2, 0.25) is 0 Å². The molecule has 1 saturated carbocycles. The second-order valence-electron chi connectivity index (χ2n) is 8.66. The second-order valence-corrected chi connectivity index (χ2v) is 9.69. The normalized spacial score (nSPS) is 14.3. The lowest BCUT2D eigenvalue weighted by molar-refractivity contribution is -0.127. The van der Waals surface area contributed by atoms with E-state index in [1.54, 1.807) is 42.5 Å². The predicted octanol–water partition coefficient (Wildman–Crippen LogP) is 5.22. The first-order valence-electron chi connectivity index (χ1n) is 11.7. The highest BCUT2D eigenvalue weighted by atomic mass is 32.1. The molecule has 0 saturated heterocycles. The molecule has 0 bridgehead atoms. The average molecular weight is 494 g/mol. The van der Waals surface area contributed by atoms with Gasteiger partial charge in [0, 0.05) is 34.8 Å². The standard InChI is InChI=1S/C27H28FN3O3S/c1-18(32)29-20-12-14-21(15-13-20)31(25(33)17-22-9-6-16-35-22)26(23-10-4-5-11-24(23)28)27(34)30-19-7-2-3-8-19/h4-6,9-16,19,26H,2-3,7-8,17H2,1H3,(H,29,32)(H,30,34)/t26-/m1/s1. The molecule has 0 radical (unpaired) electrons. The van der Waals surface area contributed by atoms with Crippen LogP contribution in [-0.4, -0.2) is 23.8 Å². The molecule has 0 unspecified atom stereocenters. The van der Waals surface area contributed by atoms with Crippen molar-refractivity contribution in [3.05, 3.63) is 82.3 Å². The van der Waals surface area contributed by atoms with E-state index in [2.05, 4.69) is 10.6 Å². The number of carbonyl (C=O) groups excluding carboxylic acids is 3. The minimum absolute atomic E-state index is 0.00756. The van der Waals surface area contributed by atoms with E-state index in [1.807, 2.05) is 17.5 Å². The van der Waals surface area contributed by atoms with Crippen molar-refractivity contribution in [2.75, 3.05) is 10.2 Å². The number of carbonyl (C=O) groups is 3. The number of anilines is 2. The molecule has 0 spiro atoms. The zero-order valence-electron chi connectivity index (χ0n) is 19.5. The lowest BCUT2D eigenvalue weighted by Gasteiger charge is -2.32. The molecule has 0 aliphatic heterocycles. The van der Waals surface area contributed by atoms with Crippen LogP contribution in [-0.2, 0) is 20.8 Å². The van der Waals surface area contributed by atoms with Crippen molar-refractivity contribution < 1.29 is 18.8 Å². The maximum atomic E-state index is 15.1. The number of thiophene rings is 1. The predicted molar refractivity (Wildman–Crippen MR) is 136 cm³/mol. The molecule has 3 amide bonds. The Balaban J connectivity index is 1.76. The summed E-state index contributed by atoms with van der Waals surface area (Å²) in [5.41, 5.74) is 1.13. The maximum absolute atomic E-state index is 15.1. The van der Waals surface area contributed by atoms with Gasteiger partial charge < -0.3 is 10.6 Å². The van der Waals surface area contributed by atoms with Crippen LogP contribution < -0.4 is 15.5 Å². The van der Waals surface area contributed by atoms with Crippen molar-refractivity contribution in [2.45, 2.75) is 51.1 Å². The average Bonchev–Trinajstić information content (AvgIpc) is 3.53. The molecule has 2 aromatic carbocycles. The fourth-order valence-electron chi connectivity index (χ4n) is 4.44. The highest BCUT2D eigenvalue weighted by molar-refractivity contribution is 7.10. The Morgan fingerprint density at radius 3 is 2.37 bits per heavy atom. The van der Waals surface area contributed by atoms with Crippen molar-refractivity contribution in [3.63, 3.8) is 0 Å². The highest BCUT2D eigenvalue weighted by Crippen LogP contribution is 2.32. The van der Waals surface area contributed by atoms with E-state index in [4.69, 9.17) is 0 Å². The Morgan fingerprint density at radius 1 is 1.03 bits per heavy atom. The van der Waals surface area contributed by atoms with E-state index >= 15 is 4.39 Å². The van der Waals surface area contributed by atoms with Crippen LogP contribution in [0.15, 0.2) is 66.0 Å². The molecule has 1 aliphatic rings. The van der Waals surface area contributed by atoms with Crippen LogP contribution >= 0.6 is 11.3 Å². The van der Waals surface area contributed by atoms with Crippen molar-refractivity contribution in [1.29, 1.82) is 0 Å². The monoisotopic (exact) mass is 493 g/mol. The van der Waals surface area contributed by atoms with E-state index in [-0.39, 0.29) is 29.8 Å². The third kappa shape index (κ3) is 6.14. The van der Waals surface area contributed by atoms with Crippen LogP contribution in [0.3, 0.4) is 0 Å². The summed E-state index contributed by atoms with van der Waals surface area (Å²) < 4.78 is 15.1. The minimum atomic E-state index is -1.18. The zero-order chi connectivity index (χ0) is 24.8. The first-order chi connectivity index (χ1) is 16.9. The Bertz CT molecular complexity index is 1170. The van der Waals surface area contributed by atoms with Gasteiger partial charge in [-0.2, -0.15) is 0 Å². The molecule has 1 aromatic heterocycles.